The number of ether oxygens (including phenoxy) is 3. The summed E-state index contributed by atoms with van der Waals surface area (Å²) in [5, 5.41) is 3.12. The number of benzene rings is 1. The van der Waals surface area contributed by atoms with Gasteiger partial charge in [0.15, 0.2) is 6.79 Å². The molecule has 1 fully saturated rings. The average molecular weight is 251 g/mol. The largest absolute Gasteiger partial charge is 0.497 e. The predicted octanol–water partition coefficient (Wildman–Crippen LogP) is 2.18. The van der Waals surface area contributed by atoms with Gasteiger partial charge >= 0.3 is 0 Å². The standard InChI is InChI=1S/C14H21NO3/c1-15-8-12-5-6-13(16-2)7-14(12)18-10-17-9-11-3-4-11/h5-7,11,15H,3-4,8-10H2,1-2H3. The second kappa shape index (κ2) is 6.61. The summed E-state index contributed by atoms with van der Waals surface area (Å²) >= 11 is 0. The van der Waals surface area contributed by atoms with Crippen LogP contribution in [0.5, 0.6) is 11.5 Å². The van der Waals surface area contributed by atoms with Crippen molar-refractivity contribution in [3.63, 3.8) is 0 Å². The zero-order valence-electron chi connectivity index (χ0n) is 11.1. The Bertz CT molecular complexity index is 377. The van der Waals surface area contributed by atoms with Gasteiger partial charge < -0.3 is 19.5 Å². The first-order valence-corrected chi connectivity index (χ1v) is 6.35. The zero-order chi connectivity index (χ0) is 12.8. The van der Waals surface area contributed by atoms with Crippen LogP contribution in [-0.2, 0) is 11.3 Å². The van der Waals surface area contributed by atoms with E-state index in [4.69, 9.17) is 14.2 Å². The molecular weight excluding hydrogens is 230 g/mol. The van der Waals surface area contributed by atoms with Crippen molar-refractivity contribution in [3.05, 3.63) is 23.8 Å². The fraction of sp³-hybridized carbons (Fsp3) is 0.571. The van der Waals surface area contributed by atoms with E-state index < -0.39 is 0 Å². The van der Waals surface area contributed by atoms with E-state index in [1.165, 1.54) is 12.8 Å². The normalized spacial score (nSPS) is 14.6. The summed E-state index contributed by atoms with van der Waals surface area (Å²) in [6, 6.07) is 5.84. The Labute approximate surface area is 108 Å². The number of hydrogen-bond acceptors (Lipinski definition) is 4. The van der Waals surface area contributed by atoms with Gasteiger partial charge in [-0.25, -0.2) is 0 Å². The predicted molar refractivity (Wildman–Crippen MR) is 69.9 cm³/mol. The van der Waals surface area contributed by atoms with Crippen molar-refractivity contribution in [2.24, 2.45) is 5.92 Å². The van der Waals surface area contributed by atoms with E-state index in [2.05, 4.69) is 5.32 Å². The fourth-order valence-electron chi connectivity index (χ4n) is 1.74. The van der Waals surface area contributed by atoms with E-state index in [1.807, 2.05) is 25.2 Å². The molecule has 0 spiro atoms. The van der Waals surface area contributed by atoms with Gasteiger partial charge in [0, 0.05) is 18.2 Å². The zero-order valence-corrected chi connectivity index (χ0v) is 11.1. The number of hydrogen-bond donors (Lipinski definition) is 1. The molecule has 0 aliphatic heterocycles. The molecule has 1 N–H and O–H groups in total. The molecule has 0 unspecified atom stereocenters. The Morgan fingerprint density at radius 3 is 2.83 bits per heavy atom. The summed E-state index contributed by atoms with van der Waals surface area (Å²) in [5.41, 5.74) is 1.10. The number of rotatable bonds is 8. The van der Waals surface area contributed by atoms with Crippen molar-refractivity contribution in [1.29, 1.82) is 0 Å². The van der Waals surface area contributed by atoms with E-state index in [-0.39, 0.29) is 0 Å². The van der Waals surface area contributed by atoms with Crippen molar-refractivity contribution in [3.8, 4) is 11.5 Å². The van der Waals surface area contributed by atoms with E-state index in [0.717, 1.165) is 36.1 Å². The summed E-state index contributed by atoms with van der Waals surface area (Å²) in [5.74, 6) is 2.38. The smallest absolute Gasteiger partial charge is 0.189 e. The summed E-state index contributed by atoms with van der Waals surface area (Å²) in [6.45, 7) is 1.88. The molecule has 1 aromatic carbocycles. The van der Waals surface area contributed by atoms with Gasteiger partial charge in [-0.2, -0.15) is 0 Å². The van der Waals surface area contributed by atoms with Crippen molar-refractivity contribution < 1.29 is 14.2 Å². The highest BCUT2D eigenvalue weighted by molar-refractivity contribution is 5.40. The SMILES string of the molecule is CNCc1ccc(OC)cc1OCOCC1CC1. The molecule has 1 aliphatic rings. The lowest BCUT2D eigenvalue weighted by Gasteiger charge is -2.13. The highest BCUT2D eigenvalue weighted by Gasteiger charge is 2.21. The first-order chi connectivity index (χ1) is 8.83. The van der Waals surface area contributed by atoms with Gasteiger partial charge in [0.25, 0.3) is 0 Å². The van der Waals surface area contributed by atoms with Crippen LogP contribution in [0.1, 0.15) is 18.4 Å². The van der Waals surface area contributed by atoms with Crippen LogP contribution in [-0.4, -0.2) is 27.6 Å². The Morgan fingerprint density at radius 1 is 1.33 bits per heavy atom. The summed E-state index contributed by atoms with van der Waals surface area (Å²) in [6.07, 6.45) is 2.59. The van der Waals surface area contributed by atoms with Crippen LogP contribution < -0.4 is 14.8 Å². The van der Waals surface area contributed by atoms with E-state index in [0.29, 0.717) is 6.79 Å². The molecule has 0 atom stereocenters. The van der Waals surface area contributed by atoms with Gasteiger partial charge in [-0.3, -0.25) is 0 Å². The first kappa shape index (κ1) is 13.2. The third-order valence-electron chi connectivity index (χ3n) is 2.99. The summed E-state index contributed by atoms with van der Waals surface area (Å²) < 4.78 is 16.4. The Hall–Kier alpha value is -1.26. The molecule has 0 amide bonds. The van der Waals surface area contributed by atoms with Crippen molar-refractivity contribution in [2.75, 3.05) is 27.6 Å². The van der Waals surface area contributed by atoms with Crippen LogP contribution in [0.3, 0.4) is 0 Å². The molecule has 2 rings (SSSR count). The second-order valence-corrected chi connectivity index (χ2v) is 4.58. The van der Waals surface area contributed by atoms with Crippen molar-refractivity contribution in [1.82, 2.24) is 5.32 Å². The van der Waals surface area contributed by atoms with Gasteiger partial charge in [-0.05, 0) is 31.9 Å². The molecule has 0 radical (unpaired) electrons. The topological polar surface area (TPSA) is 39.7 Å². The molecule has 0 heterocycles. The molecule has 100 valence electrons. The first-order valence-electron chi connectivity index (χ1n) is 6.35. The molecule has 1 saturated carbocycles. The Balaban J connectivity index is 1.89. The molecule has 4 nitrogen and oxygen atoms in total. The lowest BCUT2D eigenvalue weighted by Crippen LogP contribution is -2.10. The maximum atomic E-state index is 5.67. The van der Waals surface area contributed by atoms with Crippen LogP contribution in [0.15, 0.2) is 18.2 Å². The molecular formula is C14H21NO3. The molecule has 18 heavy (non-hydrogen) atoms. The molecule has 0 aromatic heterocycles. The van der Waals surface area contributed by atoms with Gasteiger partial charge in [0.1, 0.15) is 11.5 Å². The highest BCUT2D eigenvalue weighted by atomic mass is 16.7. The van der Waals surface area contributed by atoms with Crippen LogP contribution in [0, 0.1) is 5.92 Å². The van der Waals surface area contributed by atoms with Gasteiger partial charge in [0.2, 0.25) is 0 Å². The fourth-order valence-corrected chi connectivity index (χ4v) is 1.74. The van der Waals surface area contributed by atoms with Crippen LogP contribution in [0.2, 0.25) is 0 Å². The molecule has 0 bridgehead atoms. The number of methoxy groups -OCH3 is 1. The van der Waals surface area contributed by atoms with Gasteiger partial charge in [-0.15, -0.1) is 0 Å². The van der Waals surface area contributed by atoms with E-state index >= 15 is 0 Å². The molecule has 1 aliphatic carbocycles. The van der Waals surface area contributed by atoms with Crippen LogP contribution in [0.25, 0.3) is 0 Å². The average Bonchev–Trinajstić information content (AvgIpc) is 3.20. The van der Waals surface area contributed by atoms with Gasteiger partial charge in [0.05, 0.1) is 13.7 Å². The summed E-state index contributed by atoms with van der Waals surface area (Å²) in [7, 11) is 3.57. The van der Waals surface area contributed by atoms with Gasteiger partial charge in [-0.1, -0.05) is 6.07 Å². The lowest BCUT2D eigenvalue weighted by molar-refractivity contribution is 0.00933. The Morgan fingerprint density at radius 2 is 2.17 bits per heavy atom. The van der Waals surface area contributed by atoms with Crippen LogP contribution >= 0.6 is 0 Å². The van der Waals surface area contributed by atoms with Crippen molar-refractivity contribution in [2.45, 2.75) is 19.4 Å². The highest BCUT2D eigenvalue weighted by Crippen LogP contribution is 2.29. The minimum atomic E-state index is 0.306. The third-order valence-corrected chi connectivity index (χ3v) is 2.99. The lowest BCUT2D eigenvalue weighted by atomic mass is 10.2. The van der Waals surface area contributed by atoms with E-state index in [9.17, 15) is 0 Å². The third kappa shape index (κ3) is 3.89. The quantitative estimate of drug-likeness (QED) is 0.568. The summed E-state index contributed by atoms with van der Waals surface area (Å²) in [4.78, 5) is 0. The minimum absolute atomic E-state index is 0.306. The van der Waals surface area contributed by atoms with E-state index in [1.54, 1.807) is 7.11 Å². The molecule has 0 saturated heterocycles. The maximum Gasteiger partial charge on any atom is 0.189 e. The minimum Gasteiger partial charge on any atom is -0.497 e. The molecule has 1 aromatic rings. The Kier molecular flexibility index (Phi) is 4.84. The molecule has 4 heteroatoms. The van der Waals surface area contributed by atoms with Crippen molar-refractivity contribution >= 4 is 0 Å². The van der Waals surface area contributed by atoms with Crippen LogP contribution in [0.4, 0.5) is 0 Å². The number of nitrogens with one attached hydrogen (secondary N) is 1. The maximum absolute atomic E-state index is 5.67. The second-order valence-electron chi connectivity index (χ2n) is 4.58. The monoisotopic (exact) mass is 251 g/mol.